The molecule has 0 N–H and O–H groups in total. The van der Waals surface area contributed by atoms with Gasteiger partial charge in [0.15, 0.2) is 0 Å². The molecule has 166 valence electrons. The number of hydrogen-bond acceptors (Lipinski definition) is 4. The fourth-order valence-corrected chi connectivity index (χ4v) is 5.50. The van der Waals surface area contributed by atoms with Crippen LogP contribution < -0.4 is 4.90 Å². The summed E-state index contributed by atoms with van der Waals surface area (Å²) in [4.78, 5) is 29.4. The van der Waals surface area contributed by atoms with E-state index in [4.69, 9.17) is 0 Å². The number of carbonyl (C=O) groups is 2. The van der Waals surface area contributed by atoms with E-state index in [1.54, 1.807) is 18.2 Å². The van der Waals surface area contributed by atoms with Crippen LogP contribution in [0.5, 0.6) is 0 Å². The number of carbonyl (C=O) groups excluding carboxylic acids is 2. The molecule has 1 fully saturated rings. The largest absolute Gasteiger partial charge is 0.360 e. The first kappa shape index (κ1) is 22.3. The van der Waals surface area contributed by atoms with Gasteiger partial charge in [-0.2, -0.15) is 0 Å². The molecular weight excluding hydrogens is 423 g/mol. The van der Waals surface area contributed by atoms with Crippen molar-refractivity contribution in [2.45, 2.75) is 52.7 Å². The topological polar surface area (TPSA) is 40.6 Å². The second-order valence-electron chi connectivity index (χ2n) is 9.12. The average Bonchev–Trinajstić information content (AvgIpc) is 2.96. The van der Waals surface area contributed by atoms with Crippen LogP contribution in [0.25, 0.3) is 11.6 Å². The molecule has 2 aromatic rings. The Kier molecular flexibility index (Phi) is 5.76. The lowest BCUT2D eigenvalue weighted by atomic mass is 9.87. The van der Waals surface area contributed by atoms with Gasteiger partial charge < -0.3 is 4.90 Å². The Morgan fingerprint density at radius 1 is 1.09 bits per heavy atom. The van der Waals surface area contributed by atoms with Crippen LogP contribution in [0.1, 0.15) is 51.3 Å². The summed E-state index contributed by atoms with van der Waals surface area (Å²) in [7, 11) is 0. The first-order chi connectivity index (χ1) is 15.1. The average molecular weight is 451 g/mol. The minimum absolute atomic E-state index is 0.0875. The maximum absolute atomic E-state index is 13.1. The molecule has 6 heteroatoms. The van der Waals surface area contributed by atoms with Gasteiger partial charge >= 0.3 is 0 Å². The van der Waals surface area contributed by atoms with Crippen molar-refractivity contribution >= 4 is 40.2 Å². The Hall–Kier alpha value is -2.86. The molecule has 4 rings (SSSR count). The van der Waals surface area contributed by atoms with E-state index >= 15 is 0 Å². The summed E-state index contributed by atoms with van der Waals surface area (Å²) in [6, 6.07) is 12.3. The van der Waals surface area contributed by atoms with E-state index < -0.39 is 0 Å². The van der Waals surface area contributed by atoms with E-state index in [9.17, 15) is 14.0 Å². The molecule has 2 amide bonds. The van der Waals surface area contributed by atoms with Gasteiger partial charge in [0.05, 0.1) is 17.0 Å². The smallest absolute Gasteiger partial charge is 0.293 e. The molecule has 0 unspecified atom stereocenters. The minimum atomic E-state index is -0.348. The van der Waals surface area contributed by atoms with Crippen LogP contribution >= 0.6 is 11.8 Å². The molecule has 2 heterocycles. The third-order valence-electron chi connectivity index (χ3n) is 5.84. The molecule has 0 saturated carbocycles. The molecule has 4 nitrogen and oxygen atoms in total. The van der Waals surface area contributed by atoms with Crippen molar-refractivity contribution in [2.24, 2.45) is 0 Å². The number of allylic oxidation sites excluding steroid dienone is 1. The third kappa shape index (κ3) is 4.11. The summed E-state index contributed by atoms with van der Waals surface area (Å²) >= 11 is 0.942. The predicted octanol–water partition coefficient (Wildman–Crippen LogP) is 6.47. The van der Waals surface area contributed by atoms with Crippen molar-refractivity contribution in [3.63, 3.8) is 0 Å². The molecule has 32 heavy (non-hydrogen) atoms. The van der Waals surface area contributed by atoms with Crippen LogP contribution in [-0.2, 0) is 11.3 Å². The van der Waals surface area contributed by atoms with Gasteiger partial charge in [0, 0.05) is 17.3 Å². The zero-order chi connectivity index (χ0) is 23.2. The number of hydrogen-bond donors (Lipinski definition) is 0. The summed E-state index contributed by atoms with van der Waals surface area (Å²) < 4.78 is 13.1. The number of thioether (sulfide) groups is 1. The normalized spacial score (nSPS) is 19.1. The SMILES string of the molecule is CC1=CC(C)(C)N(C(C)C)c2ccc(/C=C3\SC(=O)N(Cc4ccc(F)cc4)C3=O)cc21. The van der Waals surface area contributed by atoms with Crippen LogP contribution in [-0.4, -0.2) is 27.6 Å². The quantitative estimate of drug-likeness (QED) is 0.501. The van der Waals surface area contributed by atoms with Crippen LogP contribution in [0.2, 0.25) is 0 Å². The summed E-state index contributed by atoms with van der Waals surface area (Å²) in [5, 5.41) is -0.313. The second-order valence-corrected chi connectivity index (χ2v) is 10.1. The Balaban J connectivity index is 1.62. The van der Waals surface area contributed by atoms with Gasteiger partial charge in [-0.05, 0) is 93.4 Å². The highest BCUT2D eigenvalue weighted by molar-refractivity contribution is 8.18. The van der Waals surface area contributed by atoms with Crippen LogP contribution in [0.15, 0.2) is 53.4 Å². The van der Waals surface area contributed by atoms with Crippen LogP contribution in [0.3, 0.4) is 0 Å². The molecule has 1 saturated heterocycles. The number of rotatable bonds is 4. The first-order valence-corrected chi connectivity index (χ1v) is 11.5. The van der Waals surface area contributed by atoms with Gasteiger partial charge in [0.25, 0.3) is 11.1 Å². The number of imide groups is 1. The van der Waals surface area contributed by atoms with Crippen molar-refractivity contribution in [1.29, 1.82) is 0 Å². The van der Waals surface area contributed by atoms with Crippen molar-refractivity contribution in [3.05, 3.63) is 76.0 Å². The number of halogens is 1. The molecule has 2 aliphatic rings. The summed E-state index contributed by atoms with van der Waals surface area (Å²) in [6.07, 6.45) is 4.05. The number of nitrogens with zero attached hydrogens (tertiary/aromatic N) is 2. The van der Waals surface area contributed by atoms with E-state index in [0.29, 0.717) is 16.5 Å². The minimum Gasteiger partial charge on any atom is -0.360 e. The van der Waals surface area contributed by atoms with Gasteiger partial charge in [-0.1, -0.05) is 24.3 Å². The Bertz CT molecular complexity index is 1150. The highest BCUT2D eigenvalue weighted by Crippen LogP contribution is 2.41. The van der Waals surface area contributed by atoms with Gasteiger partial charge in [0.1, 0.15) is 5.82 Å². The van der Waals surface area contributed by atoms with E-state index in [-0.39, 0.29) is 29.0 Å². The van der Waals surface area contributed by atoms with Crippen LogP contribution in [0, 0.1) is 5.82 Å². The van der Waals surface area contributed by atoms with Crippen molar-refractivity contribution in [2.75, 3.05) is 4.90 Å². The number of amides is 2. The molecule has 0 atom stereocenters. The standard InChI is InChI=1S/C26H27FN2O2S/c1-16(2)29-22-11-8-19(12-21(22)17(3)14-26(29,4)5)13-23-24(30)28(25(31)32-23)15-18-6-9-20(27)10-7-18/h6-14,16H,15H2,1-5H3/b23-13-. The highest BCUT2D eigenvalue weighted by atomic mass is 32.2. The maximum Gasteiger partial charge on any atom is 0.293 e. The van der Waals surface area contributed by atoms with Crippen molar-refractivity contribution < 1.29 is 14.0 Å². The molecular formula is C26H27FN2O2S. The molecule has 0 aliphatic carbocycles. The molecule has 0 radical (unpaired) electrons. The summed E-state index contributed by atoms with van der Waals surface area (Å²) in [6.45, 7) is 11.0. The van der Waals surface area contributed by atoms with Gasteiger partial charge in [-0.3, -0.25) is 14.5 Å². The molecule has 2 aliphatic heterocycles. The molecule has 0 aromatic heterocycles. The predicted molar refractivity (Wildman–Crippen MR) is 130 cm³/mol. The lowest BCUT2D eigenvalue weighted by Crippen LogP contribution is -2.49. The zero-order valence-electron chi connectivity index (χ0n) is 19.0. The Morgan fingerprint density at radius 2 is 1.78 bits per heavy atom. The Labute approximate surface area is 192 Å². The van der Waals surface area contributed by atoms with Gasteiger partial charge in [0.2, 0.25) is 0 Å². The summed E-state index contributed by atoms with van der Waals surface area (Å²) in [5.41, 5.74) is 5.01. The molecule has 0 spiro atoms. The maximum atomic E-state index is 13.1. The van der Waals surface area contributed by atoms with E-state index in [1.807, 2.05) is 6.07 Å². The van der Waals surface area contributed by atoms with Crippen molar-refractivity contribution in [3.8, 4) is 0 Å². The molecule has 2 aromatic carbocycles. The number of fused-ring (bicyclic) bond motifs is 1. The zero-order valence-corrected chi connectivity index (χ0v) is 19.8. The Morgan fingerprint density at radius 3 is 2.44 bits per heavy atom. The van der Waals surface area contributed by atoms with E-state index in [1.165, 1.54) is 28.3 Å². The fraction of sp³-hybridized carbons (Fsp3) is 0.308. The first-order valence-electron chi connectivity index (χ1n) is 10.7. The lowest BCUT2D eigenvalue weighted by molar-refractivity contribution is -0.123. The summed E-state index contributed by atoms with van der Waals surface area (Å²) in [5.74, 6) is -0.668. The monoisotopic (exact) mass is 450 g/mol. The van der Waals surface area contributed by atoms with E-state index in [2.05, 4.69) is 57.7 Å². The number of anilines is 1. The second kappa shape index (κ2) is 8.24. The van der Waals surface area contributed by atoms with Gasteiger partial charge in [-0.15, -0.1) is 0 Å². The van der Waals surface area contributed by atoms with Crippen LogP contribution in [0.4, 0.5) is 14.9 Å². The van der Waals surface area contributed by atoms with E-state index in [0.717, 1.165) is 22.9 Å². The third-order valence-corrected chi connectivity index (χ3v) is 6.74. The highest BCUT2D eigenvalue weighted by Gasteiger charge is 2.36. The number of benzene rings is 2. The molecule has 0 bridgehead atoms. The fourth-order valence-electron chi connectivity index (χ4n) is 4.66. The van der Waals surface area contributed by atoms with Crippen molar-refractivity contribution in [1.82, 2.24) is 4.90 Å². The van der Waals surface area contributed by atoms with Gasteiger partial charge in [-0.25, -0.2) is 4.39 Å². The lowest BCUT2D eigenvalue weighted by Gasteiger charge is -2.46.